The summed E-state index contributed by atoms with van der Waals surface area (Å²) in [7, 11) is -1.82. The van der Waals surface area contributed by atoms with E-state index in [2.05, 4.69) is 19.6 Å². The van der Waals surface area contributed by atoms with Crippen LogP contribution in [-0.4, -0.2) is 24.8 Å². The Hall–Kier alpha value is -0.973. The second-order valence-electron chi connectivity index (χ2n) is 6.73. The topological polar surface area (TPSA) is 46.5 Å². The Morgan fingerprint density at radius 3 is 2.15 bits per heavy atom. The quantitative estimate of drug-likeness (QED) is 0.816. The highest BCUT2D eigenvalue weighted by molar-refractivity contribution is 6.70. The van der Waals surface area contributed by atoms with E-state index in [-0.39, 0.29) is 5.78 Å². The van der Waals surface area contributed by atoms with E-state index in [0.29, 0.717) is 0 Å². The van der Waals surface area contributed by atoms with Crippen molar-refractivity contribution in [3.8, 4) is 0 Å². The van der Waals surface area contributed by atoms with Gasteiger partial charge in [0.1, 0.15) is 5.60 Å². The van der Waals surface area contributed by atoms with E-state index in [1.807, 2.05) is 30.3 Å². The minimum Gasteiger partial charge on any atom is -0.406 e. The number of carbonyl (C=O) groups is 1. The standard InChI is InChI=1S/C16H26O3Si/c1-12(14(17)13-10-8-7-9-11-13)15(18)16(2,3)19-20(4,5)6/h7-12,14,17H,1-6H3/t12-,14-/m0/s1. The van der Waals surface area contributed by atoms with Crippen LogP contribution in [0, 0.1) is 5.92 Å². The Bertz CT molecular complexity index is 449. The van der Waals surface area contributed by atoms with E-state index in [4.69, 9.17) is 4.43 Å². The van der Waals surface area contributed by atoms with Crippen LogP contribution >= 0.6 is 0 Å². The first-order chi connectivity index (χ1) is 9.04. The van der Waals surface area contributed by atoms with Crippen LogP contribution in [0.1, 0.15) is 32.4 Å². The zero-order chi connectivity index (χ0) is 15.6. The van der Waals surface area contributed by atoms with Gasteiger partial charge < -0.3 is 9.53 Å². The molecule has 1 rings (SSSR count). The van der Waals surface area contributed by atoms with Gasteiger partial charge in [0, 0.05) is 5.92 Å². The summed E-state index contributed by atoms with van der Waals surface area (Å²) in [4.78, 5) is 12.6. The molecule has 112 valence electrons. The van der Waals surface area contributed by atoms with Crippen LogP contribution in [0.15, 0.2) is 30.3 Å². The number of ketones is 1. The molecule has 0 aliphatic rings. The van der Waals surface area contributed by atoms with Crippen LogP contribution in [0.4, 0.5) is 0 Å². The lowest BCUT2D eigenvalue weighted by molar-refractivity contribution is -0.139. The van der Waals surface area contributed by atoms with Crippen molar-refractivity contribution in [3.63, 3.8) is 0 Å². The van der Waals surface area contributed by atoms with Gasteiger partial charge in [0.2, 0.25) is 0 Å². The first kappa shape index (κ1) is 17.1. The molecule has 0 aliphatic heterocycles. The number of hydrogen-bond donors (Lipinski definition) is 1. The SMILES string of the molecule is C[C@H](C(=O)C(C)(C)O[Si](C)(C)C)[C@H](O)c1ccccc1. The third-order valence-electron chi connectivity index (χ3n) is 3.18. The average Bonchev–Trinajstić information content (AvgIpc) is 2.34. The molecule has 0 unspecified atom stereocenters. The van der Waals surface area contributed by atoms with Crippen molar-refractivity contribution in [2.75, 3.05) is 0 Å². The third kappa shape index (κ3) is 4.54. The molecule has 0 aliphatic carbocycles. The smallest absolute Gasteiger partial charge is 0.185 e. The maximum atomic E-state index is 12.6. The summed E-state index contributed by atoms with van der Waals surface area (Å²) in [6, 6.07) is 9.28. The van der Waals surface area contributed by atoms with Gasteiger partial charge >= 0.3 is 0 Å². The van der Waals surface area contributed by atoms with Crippen molar-refractivity contribution >= 4 is 14.1 Å². The number of aliphatic hydroxyl groups is 1. The second kappa shape index (κ2) is 6.20. The van der Waals surface area contributed by atoms with Crippen molar-refractivity contribution in [2.24, 2.45) is 5.92 Å². The summed E-state index contributed by atoms with van der Waals surface area (Å²) < 4.78 is 5.97. The minimum absolute atomic E-state index is 0.0590. The highest BCUT2D eigenvalue weighted by Gasteiger charge is 2.38. The van der Waals surface area contributed by atoms with E-state index in [1.54, 1.807) is 20.8 Å². The van der Waals surface area contributed by atoms with E-state index in [9.17, 15) is 9.90 Å². The Balaban J connectivity index is 2.86. The molecule has 0 saturated heterocycles. The third-order valence-corrected chi connectivity index (χ3v) is 4.31. The molecule has 0 bridgehead atoms. The van der Waals surface area contributed by atoms with Gasteiger partial charge in [-0.1, -0.05) is 37.3 Å². The highest BCUT2D eigenvalue weighted by atomic mass is 28.4. The lowest BCUT2D eigenvalue weighted by atomic mass is 9.86. The van der Waals surface area contributed by atoms with Gasteiger partial charge in [0.05, 0.1) is 6.10 Å². The van der Waals surface area contributed by atoms with Gasteiger partial charge in [-0.15, -0.1) is 0 Å². The Labute approximate surface area is 123 Å². The zero-order valence-electron chi connectivity index (χ0n) is 13.3. The van der Waals surface area contributed by atoms with Gasteiger partial charge in [0.25, 0.3) is 0 Å². The summed E-state index contributed by atoms with van der Waals surface area (Å²) in [5.74, 6) is -0.556. The Kier molecular flexibility index (Phi) is 5.30. The summed E-state index contributed by atoms with van der Waals surface area (Å²) >= 11 is 0. The predicted molar refractivity (Wildman–Crippen MR) is 84.1 cm³/mol. The van der Waals surface area contributed by atoms with Crippen molar-refractivity contribution in [1.82, 2.24) is 0 Å². The molecule has 1 aromatic rings. The second-order valence-corrected chi connectivity index (χ2v) is 11.2. The maximum absolute atomic E-state index is 12.6. The molecule has 3 nitrogen and oxygen atoms in total. The van der Waals surface area contributed by atoms with E-state index in [1.165, 1.54) is 0 Å². The zero-order valence-corrected chi connectivity index (χ0v) is 14.3. The molecule has 0 radical (unpaired) electrons. The molecule has 0 fully saturated rings. The van der Waals surface area contributed by atoms with Gasteiger partial charge in [-0.3, -0.25) is 4.79 Å². The fraction of sp³-hybridized carbons (Fsp3) is 0.562. The minimum atomic E-state index is -1.82. The first-order valence-corrected chi connectivity index (χ1v) is 10.4. The molecule has 2 atom stereocenters. The lowest BCUT2D eigenvalue weighted by Gasteiger charge is -2.34. The van der Waals surface area contributed by atoms with Crippen LogP contribution in [0.3, 0.4) is 0 Å². The molecule has 4 heteroatoms. The van der Waals surface area contributed by atoms with Crippen LogP contribution in [-0.2, 0) is 9.22 Å². The number of Topliss-reactive ketones (excluding diaryl/α,β-unsaturated/α-hetero) is 1. The number of benzene rings is 1. The molecule has 0 amide bonds. The van der Waals surface area contributed by atoms with Crippen LogP contribution < -0.4 is 0 Å². The Morgan fingerprint density at radius 2 is 1.70 bits per heavy atom. The number of aliphatic hydroxyl groups excluding tert-OH is 1. The van der Waals surface area contributed by atoms with E-state index < -0.39 is 25.9 Å². The molecule has 0 spiro atoms. The molecule has 1 aromatic carbocycles. The molecular formula is C16H26O3Si. The number of carbonyl (C=O) groups excluding carboxylic acids is 1. The van der Waals surface area contributed by atoms with Crippen molar-refractivity contribution < 1.29 is 14.3 Å². The molecule has 20 heavy (non-hydrogen) atoms. The normalized spacial score (nSPS) is 15.8. The molecule has 1 N–H and O–H groups in total. The van der Waals surface area contributed by atoms with Crippen molar-refractivity contribution in [3.05, 3.63) is 35.9 Å². The van der Waals surface area contributed by atoms with Gasteiger partial charge in [0.15, 0.2) is 14.1 Å². The summed E-state index contributed by atoms with van der Waals surface area (Å²) in [6.07, 6.45) is -0.798. The summed E-state index contributed by atoms with van der Waals surface area (Å²) in [6.45, 7) is 11.5. The van der Waals surface area contributed by atoms with Gasteiger partial charge in [-0.2, -0.15) is 0 Å². The fourth-order valence-electron chi connectivity index (χ4n) is 2.45. The van der Waals surface area contributed by atoms with Crippen LogP contribution in [0.25, 0.3) is 0 Å². The van der Waals surface area contributed by atoms with Crippen molar-refractivity contribution in [2.45, 2.75) is 52.1 Å². The highest BCUT2D eigenvalue weighted by Crippen LogP contribution is 2.29. The van der Waals surface area contributed by atoms with Gasteiger partial charge in [-0.05, 0) is 39.1 Å². The average molecular weight is 294 g/mol. The summed E-state index contributed by atoms with van der Waals surface area (Å²) in [5, 5.41) is 10.4. The number of hydrogen-bond acceptors (Lipinski definition) is 3. The molecule has 0 saturated carbocycles. The van der Waals surface area contributed by atoms with Crippen molar-refractivity contribution in [1.29, 1.82) is 0 Å². The predicted octanol–water partition coefficient (Wildman–Crippen LogP) is 3.56. The molecule has 0 heterocycles. The summed E-state index contributed by atoms with van der Waals surface area (Å²) in [5.41, 5.74) is -0.100. The molecule has 0 aromatic heterocycles. The van der Waals surface area contributed by atoms with Gasteiger partial charge in [-0.25, -0.2) is 0 Å². The maximum Gasteiger partial charge on any atom is 0.185 e. The largest absolute Gasteiger partial charge is 0.406 e. The monoisotopic (exact) mass is 294 g/mol. The number of rotatable bonds is 6. The van der Waals surface area contributed by atoms with E-state index >= 15 is 0 Å². The first-order valence-electron chi connectivity index (χ1n) is 7.02. The fourth-order valence-corrected chi connectivity index (χ4v) is 4.08. The van der Waals surface area contributed by atoms with Crippen LogP contribution in [0.2, 0.25) is 19.6 Å². The van der Waals surface area contributed by atoms with E-state index in [0.717, 1.165) is 5.56 Å². The Morgan fingerprint density at radius 1 is 1.20 bits per heavy atom. The van der Waals surface area contributed by atoms with Crippen LogP contribution in [0.5, 0.6) is 0 Å². The molecular weight excluding hydrogens is 268 g/mol. The lowest BCUT2D eigenvalue weighted by Crippen LogP contribution is -2.47.